The van der Waals surface area contributed by atoms with E-state index in [-0.39, 0.29) is 11.1 Å². The van der Waals surface area contributed by atoms with Crippen molar-refractivity contribution >= 4 is 10.0 Å². The van der Waals surface area contributed by atoms with Crippen LogP contribution in [0.1, 0.15) is 31.2 Å². The fourth-order valence-corrected chi connectivity index (χ4v) is 4.08. The van der Waals surface area contributed by atoms with Gasteiger partial charge in [-0.1, -0.05) is 0 Å². The van der Waals surface area contributed by atoms with Gasteiger partial charge >= 0.3 is 0 Å². The number of hydrogen-bond acceptors (Lipinski definition) is 4. The van der Waals surface area contributed by atoms with Crippen molar-refractivity contribution in [2.24, 2.45) is 11.8 Å². The molecule has 0 atom stereocenters. The maximum absolute atomic E-state index is 12.5. The zero-order valence-electron chi connectivity index (χ0n) is 11.0. The van der Waals surface area contributed by atoms with E-state index in [2.05, 4.69) is 20.2 Å². The summed E-state index contributed by atoms with van der Waals surface area (Å²) in [4.78, 5) is 0. The molecule has 2 saturated carbocycles. The summed E-state index contributed by atoms with van der Waals surface area (Å²) >= 11 is 0. The molecule has 0 aromatic carbocycles. The maximum Gasteiger partial charge on any atom is 0.258 e. The highest BCUT2D eigenvalue weighted by atomic mass is 32.2. The lowest BCUT2D eigenvalue weighted by molar-refractivity contribution is 0.469. The lowest BCUT2D eigenvalue weighted by Crippen LogP contribution is -2.38. The molecule has 2 fully saturated rings. The molecule has 6 nitrogen and oxygen atoms in total. The summed E-state index contributed by atoms with van der Waals surface area (Å²) in [6, 6.07) is 0.121. The smallest absolute Gasteiger partial charge is 0.258 e. The molecule has 106 valence electrons. The molecule has 1 heterocycles. The van der Waals surface area contributed by atoms with Crippen LogP contribution in [0.15, 0.2) is 11.2 Å². The monoisotopic (exact) mass is 284 g/mol. The molecule has 0 unspecified atom stereocenters. The van der Waals surface area contributed by atoms with Gasteiger partial charge in [0.25, 0.3) is 10.0 Å². The number of aromatic nitrogens is 2. The molecule has 1 aromatic rings. The van der Waals surface area contributed by atoms with E-state index < -0.39 is 10.0 Å². The van der Waals surface area contributed by atoms with Gasteiger partial charge in [-0.25, -0.2) is 13.1 Å². The number of hydrogen-bond donors (Lipinski definition) is 3. The summed E-state index contributed by atoms with van der Waals surface area (Å²) in [5, 5.41) is 9.62. The molecule has 19 heavy (non-hydrogen) atoms. The summed E-state index contributed by atoms with van der Waals surface area (Å²) in [5.74, 6) is 1.08. The minimum absolute atomic E-state index is 0.121. The van der Waals surface area contributed by atoms with Crippen LogP contribution in [0.5, 0.6) is 0 Å². The number of nitrogens with one attached hydrogen (secondary N) is 3. The molecule has 3 rings (SSSR count). The van der Waals surface area contributed by atoms with Crippen LogP contribution in [-0.4, -0.2) is 31.7 Å². The summed E-state index contributed by atoms with van der Waals surface area (Å²) in [6.07, 6.45) is 6.16. The Labute approximate surface area is 113 Å². The van der Waals surface area contributed by atoms with Gasteiger partial charge in [-0.2, -0.15) is 5.10 Å². The van der Waals surface area contributed by atoms with Crippen LogP contribution in [0, 0.1) is 11.8 Å². The summed E-state index contributed by atoms with van der Waals surface area (Å²) < 4.78 is 27.8. The minimum atomic E-state index is -3.49. The number of H-pyrrole nitrogens is 1. The zero-order chi connectivity index (χ0) is 13.5. The minimum Gasteiger partial charge on any atom is -0.316 e. The third-order valence-electron chi connectivity index (χ3n) is 3.87. The van der Waals surface area contributed by atoms with Crippen LogP contribution in [0.4, 0.5) is 0 Å². The summed E-state index contributed by atoms with van der Waals surface area (Å²) in [7, 11) is -1.70. The molecule has 2 aliphatic carbocycles. The Kier molecular flexibility index (Phi) is 3.36. The van der Waals surface area contributed by atoms with Gasteiger partial charge < -0.3 is 5.32 Å². The average Bonchev–Trinajstić information content (AvgIpc) is 3.26. The van der Waals surface area contributed by atoms with E-state index in [1.807, 2.05) is 0 Å². The van der Waals surface area contributed by atoms with Gasteiger partial charge in [-0.15, -0.1) is 0 Å². The largest absolute Gasteiger partial charge is 0.316 e. The van der Waals surface area contributed by atoms with E-state index in [0.717, 1.165) is 25.7 Å². The van der Waals surface area contributed by atoms with Gasteiger partial charge in [-0.05, 0) is 44.6 Å². The third kappa shape index (κ3) is 2.82. The first-order chi connectivity index (χ1) is 9.12. The second-order valence-corrected chi connectivity index (χ2v) is 7.23. The van der Waals surface area contributed by atoms with Crippen molar-refractivity contribution < 1.29 is 8.42 Å². The van der Waals surface area contributed by atoms with E-state index in [1.54, 1.807) is 13.2 Å². The Balaban J connectivity index is 1.79. The average molecular weight is 284 g/mol. The lowest BCUT2D eigenvalue weighted by Gasteiger charge is -2.17. The van der Waals surface area contributed by atoms with Gasteiger partial charge in [0.1, 0.15) is 0 Å². The van der Waals surface area contributed by atoms with E-state index in [0.29, 0.717) is 23.9 Å². The molecular formula is C12H20N4O2S. The predicted molar refractivity (Wildman–Crippen MR) is 70.9 cm³/mol. The maximum atomic E-state index is 12.5. The van der Waals surface area contributed by atoms with Crippen molar-refractivity contribution in [2.75, 3.05) is 7.05 Å². The van der Waals surface area contributed by atoms with Gasteiger partial charge in [0.15, 0.2) is 5.03 Å². The fraction of sp³-hybridized carbons (Fsp3) is 0.750. The first-order valence-corrected chi connectivity index (χ1v) is 8.29. The quantitative estimate of drug-likeness (QED) is 0.684. The first kappa shape index (κ1) is 13.1. The second-order valence-electron chi connectivity index (χ2n) is 5.58. The third-order valence-corrected chi connectivity index (χ3v) is 5.34. The molecule has 1 aromatic heterocycles. The molecule has 2 aliphatic rings. The zero-order valence-corrected chi connectivity index (χ0v) is 11.8. The number of sulfonamides is 1. The molecule has 0 radical (unpaired) electrons. The molecule has 3 N–H and O–H groups in total. The number of nitrogens with zero attached hydrogens (tertiary/aromatic N) is 1. The molecule has 0 spiro atoms. The van der Waals surface area contributed by atoms with Crippen molar-refractivity contribution in [1.29, 1.82) is 0 Å². The van der Waals surface area contributed by atoms with E-state index in [1.165, 1.54) is 0 Å². The van der Waals surface area contributed by atoms with Gasteiger partial charge in [0.2, 0.25) is 0 Å². The predicted octanol–water partition coefficient (Wildman–Crippen LogP) is 0.596. The molecular weight excluding hydrogens is 264 g/mol. The Morgan fingerprint density at radius 1 is 1.37 bits per heavy atom. The van der Waals surface area contributed by atoms with E-state index in [9.17, 15) is 8.42 Å². The molecule has 7 heteroatoms. The van der Waals surface area contributed by atoms with Crippen molar-refractivity contribution in [3.63, 3.8) is 0 Å². The van der Waals surface area contributed by atoms with Crippen LogP contribution in [0.2, 0.25) is 0 Å². The molecule has 0 amide bonds. The highest BCUT2D eigenvalue weighted by Gasteiger charge is 2.43. The Morgan fingerprint density at radius 3 is 2.53 bits per heavy atom. The summed E-state index contributed by atoms with van der Waals surface area (Å²) in [5.41, 5.74) is 0.681. The van der Waals surface area contributed by atoms with E-state index in [4.69, 9.17) is 0 Å². The van der Waals surface area contributed by atoms with Gasteiger partial charge in [0.05, 0.1) is 6.20 Å². The van der Waals surface area contributed by atoms with Gasteiger partial charge in [0, 0.05) is 18.2 Å². The van der Waals surface area contributed by atoms with Crippen molar-refractivity contribution in [2.45, 2.75) is 43.3 Å². The number of aromatic amines is 1. The normalized spacial score (nSPS) is 20.1. The highest BCUT2D eigenvalue weighted by Crippen LogP contribution is 2.45. The van der Waals surface area contributed by atoms with Crippen LogP contribution in [0.3, 0.4) is 0 Å². The number of rotatable bonds is 7. The Morgan fingerprint density at radius 2 is 2.00 bits per heavy atom. The Hall–Kier alpha value is -0.920. The van der Waals surface area contributed by atoms with Crippen molar-refractivity contribution in [3.8, 4) is 0 Å². The second kappa shape index (κ2) is 4.88. The standard InChI is InChI=1S/C12H20N4O2S/c1-13-6-10-7-14-15-12(10)19(17,18)16-11(8-2-3-8)9-4-5-9/h7-9,11,13,16H,2-6H2,1H3,(H,14,15). The van der Waals surface area contributed by atoms with Crippen LogP contribution < -0.4 is 10.0 Å². The first-order valence-electron chi connectivity index (χ1n) is 6.81. The van der Waals surface area contributed by atoms with Crippen LogP contribution >= 0.6 is 0 Å². The fourth-order valence-electron chi connectivity index (χ4n) is 2.57. The van der Waals surface area contributed by atoms with E-state index >= 15 is 0 Å². The SMILES string of the molecule is CNCc1cn[nH]c1S(=O)(=O)NC(C1CC1)C1CC1. The van der Waals surface area contributed by atoms with Crippen molar-refractivity contribution in [3.05, 3.63) is 11.8 Å². The summed E-state index contributed by atoms with van der Waals surface area (Å²) in [6.45, 7) is 0.490. The van der Waals surface area contributed by atoms with Crippen LogP contribution in [0.25, 0.3) is 0 Å². The van der Waals surface area contributed by atoms with Gasteiger partial charge in [-0.3, -0.25) is 5.10 Å². The lowest BCUT2D eigenvalue weighted by atomic mass is 10.1. The molecule has 0 aliphatic heterocycles. The Bertz CT molecular complexity index is 534. The highest BCUT2D eigenvalue weighted by molar-refractivity contribution is 7.89. The molecule has 0 bridgehead atoms. The van der Waals surface area contributed by atoms with Crippen LogP contribution in [-0.2, 0) is 16.6 Å². The van der Waals surface area contributed by atoms with Crippen molar-refractivity contribution in [1.82, 2.24) is 20.2 Å². The topological polar surface area (TPSA) is 86.9 Å². The molecule has 0 saturated heterocycles.